The van der Waals surface area contributed by atoms with Gasteiger partial charge in [-0.05, 0) is 32.9 Å². The summed E-state index contributed by atoms with van der Waals surface area (Å²) in [5.41, 5.74) is 5.88. The second kappa shape index (κ2) is 6.36. The van der Waals surface area contributed by atoms with Crippen molar-refractivity contribution < 1.29 is 14.6 Å². The van der Waals surface area contributed by atoms with Crippen LogP contribution in [-0.2, 0) is 4.74 Å². The third kappa shape index (κ3) is 5.18. The maximum atomic E-state index is 11.7. The number of hydrogen-bond acceptors (Lipinski definition) is 4. The monoisotopic (exact) mass is 330 g/mol. The molecule has 1 atom stereocenters. The molecule has 1 amide bonds. The van der Waals surface area contributed by atoms with Crippen LogP contribution in [0.5, 0.6) is 0 Å². The fraction of sp³-hybridized carbons (Fsp3) is 0.462. The third-order valence-corrected chi connectivity index (χ3v) is 2.73. The minimum Gasteiger partial charge on any atom is -0.444 e. The Morgan fingerprint density at radius 1 is 1.53 bits per heavy atom. The van der Waals surface area contributed by atoms with Crippen LogP contribution in [0.4, 0.5) is 10.5 Å². The lowest BCUT2D eigenvalue weighted by Gasteiger charge is -2.21. The molecule has 0 aliphatic rings. The molecule has 0 saturated heterocycles. The highest BCUT2D eigenvalue weighted by molar-refractivity contribution is 9.10. The van der Waals surface area contributed by atoms with Gasteiger partial charge in [-0.15, -0.1) is 0 Å². The minimum atomic E-state index is -0.835. The van der Waals surface area contributed by atoms with Crippen LogP contribution in [-0.4, -0.2) is 23.3 Å². The average molecular weight is 331 g/mol. The van der Waals surface area contributed by atoms with E-state index in [1.54, 1.807) is 39.0 Å². The Morgan fingerprint density at radius 2 is 2.16 bits per heavy atom. The van der Waals surface area contributed by atoms with E-state index in [2.05, 4.69) is 21.2 Å². The molecule has 1 rings (SSSR count). The van der Waals surface area contributed by atoms with Crippen molar-refractivity contribution >= 4 is 27.7 Å². The molecule has 4 N–H and O–H groups in total. The van der Waals surface area contributed by atoms with Crippen LogP contribution in [0.3, 0.4) is 0 Å². The fourth-order valence-corrected chi connectivity index (χ4v) is 1.83. The number of amides is 1. The van der Waals surface area contributed by atoms with Gasteiger partial charge in [0.05, 0.1) is 11.8 Å². The number of benzene rings is 1. The zero-order valence-corrected chi connectivity index (χ0v) is 12.8. The average Bonchev–Trinajstić information content (AvgIpc) is 2.25. The summed E-state index contributed by atoms with van der Waals surface area (Å²) in [4.78, 5) is 11.7. The maximum Gasteiger partial charge on any atom is 0.412 e. The predicted octanol–water partition coefficient (Wildman–Crippen LogP) is 2.79. The van der Waals surface area contributed by atoms with Gasteiger partial charge in [0.25, 0.3) is 0 Å². The van der Waals surface area contributed by atoms with E-state index in [4.69, 9.17) is 10.5 Å². The van der Waals surface area contributed by atoms with Gasteiger partial charge >= 0.3 is 6.09 Å². The summed E-state index contributed by atoms with van der Waals surface area (Å²) in [6.45, 7) is 5.42. The zero-order chi connectivity index (χ0) is 14.6. The van der Waals surface area contributed by atoms with Crippen molar-refractivity contribution in [1.82, 2.24) is 0 Å². The van der Waals surface area contributed by atoms with Gasteiger partial charge in [-0.3, -0.25) is 5.32 Å². The van der Waals surface area contributed by atoms with Crippen LogP contribution >= 0.6 is 15.9 Å². The minimum absolute atomic E-state index is 0.0740. The summed E-state index contributed by atoms with van der Waals surface area (Å²) in [6.07, 6.45) is -1.41. The highest BCUT2D eigenvalue weighted by atomic mass is 79.9. The van der Waals surface area contributed by atoms with Crippen molar-refractivity contribution in [3.8, 4) is 0 Å². The summed E-state index contributed by atoms with van der Waals surface area (Å²) in [6, 6.07) is 5.17. The number of hydrogen-bond donors (Lipinski definition) is 3. The standard InChI is InChI=1S/C13H19BrN2O3/c1-13(2,3)19-12(18)16-10-6-8(14)4-5-9(10)11(17)7-15/h4-6,11,17H,7,15H2,1-3H3,(H,16,18)/t11-/m1/s1. The van der Waals surface area contributed by atoms with Crippen molar-refractivity contribution in [3.63, 3.8) is 0 Å². The maximum absolute atomic E-state index is 11.7. The molecule has 106 valence electrons. The lowest BCUT2D eigenvalue weighted by molar-refractivity contribution is 0.0635. The molecule has 1 aromatic carbocycles. The first-order chi connectivity index (χ1) is 8.73. The first-order valence-corrected chi connectivity index (χ1v) is 6.70. The van der Waals surface area contributed by atoms with Gasteiger partial charge in [0.15, 0.2) is 0 Å². The van der Waals surface area contributed by atoms with Gasteiger partial charge in [-0.25, -0.2) is 4.79 Å². The van der Waals surface area contributed by atoms with Crippen molar-refractivity contribution in [3.05, 3.63) is 28.2 Å². The van der Waals surface area contributed by atoms with Crippen LogP contribution < -0.4 is 11.1 Å². The number of halogens is 1. The van der Waals surface area contributed by atoms with Gasteiger partial charge < -0.3 is 15.6 Å². The first kappa shape index (κ1) is 15.9. The van der Waals surface area contributed by atoms with E-state index in [-0.39, 0.29) is 6.54 Å². The Balaban J connectivity index is 2.93. The molecule has 0 radical (unpaired) electrons. The molecule has 1 aromatic rings. The van der Waals surface area contributed by atoms with Gasteiger partial charge in [0, 0.05) is 16.6 Å². The van der Waals surface area contributed by atoms with E-state index >= 15 is 0 Å². The van der Waals surface area contributed by atoms with E-state index < -0.39 is 17.8 Å². The molecule has 0 aromatic heterocycles. The van der Waals surface area contributed by atoms with Crippen LogP contribution in [0, 0.1) is 0 Å². The molecule has 0 aliphatic heterocycles. The van der Waals surface area contributed by atoms with Crippen molar-refractivity contribution in [2.45, 2.75) is 32.5 Å². The van der Waals surface area contributed by atoms with E-state index in [0.717, 1.165) is 4.47 Å². The van der Waals surface area contributed by atoms with Gasteiger partial charge in [-0.2, -0.15) is 0 Å². The molecular weight excluding hydrogens is 312 g/mol. The molecule has 0 fully saturated rings. The van der Waals surface area contributed by atoms with E-state index in [1.807, 2.05) is 0 Å². The van der Waals surface area contributed by atoms with E-state index in [1.165, 1.54) is 0 Å². The van der Waals surface area contributed by atoms with Crippen LogP contribution in [0.2, 0.25) is 0 Å². The second-order valence-corrected chi connectivity index (χ2v) is 6.03. The summed E-state index contributed by atoms with van der Waals surface area (Å²) in [5, 5.41) is 12.4. The van der Waals surface area contributed by atoms with Gasteiger partial charge in [-0.1, -0.05) is 22.0 Å². The largest absolute Gasteiger partial charge is 0.444 e. The number of carbonyl (C=O) groups is 1. The highest BCUT2D eigenvalue weighted by Gasteiger charge is 2.19. The summed E-state index contributed by atoms with van der Waals surface area (Å²) in [7, 11) is 0. The number of carbonyl (C=O) groups excluding carboxylic acids is 1. The van der Waals surface area contributed by atoms with E-state index in [0.29, 0.717) is 11.3 Å². The SMILES string of the molecule is CC(C)(C)OC(=O)Nc1cc(Br)ccc1[C@H](O)CN. The van der Waals surface area contributed by atoms with Crippen LogP contribution in [0.25, 0.3) is 0 Å². The Hall–Kier alpha value is -1.11. The summed E-state index contributed by atoms with van der Waals surface area (Å²) >= 11 is 3.31. The second-order valence-electron chi connectivity index (χ2n) is 5.11. The third-order valence-electron chi connectivity index (χ3n) is 2.23. The number of nitrogens with two attached hydrogens (primary N) is 1. The lowest BCUT2D eigenvalue weighted by Crippen LogP contribution is -2.28. The Morgan fingerprint density at radius 3 is 2.68 bits per heavy atom. The molecule has 0 bridgehead atoms. The molecule has 5 nitrogen and oxygen atoms in total. The molecule has 0 spiro atoms. The molecular formula is C13H19BrN2O3. The van der Waals surface area contributed by atoms with Crippen LogP contribution in [0.1, 0.15) is 32.4 Å². The molecule has 6 heteroatoms. The first-order valence-electron chi connectivity index (χ1n) is 5.90. The normalized spacial score (nSPS) is 12.9. The fourth-order valence-electron chi connectivity index (χ4n) is 1.47. The van der Waals surface area contributed by atoms with Crippen molar-refractivity contribution in [2.24, 2.45) is 5.73 Å². The van der Waals surface area contributed by atoms with Gasteiger partial charge in [0.1, 0.15) is 5.60 Å². The summed E-state index contributed by atoms with van der Waals surface area (Å²) in [5.74, 6) is 0. The Labute approximate surface area is 121 Å². The van der Waals surface area contributed by atoms with Crippen molar-refractivity contribution in [1.29, 1.82) is 0 Å². The number of anilines is 1. The number of rotatable bonds is 3. The predicted molar refractivity (Wildman–Crippen MR) is 78.0 cm³/mol. The number of aliphatic hydroxyl groups is 1. The van der Waals surface area contributed by atoms with E-state index in [9.17, 15) is 9.90 Å². The topological polar surface area (TPSA) is 84.6 Å². The highest BCUT2D eigenvalue weighted by Crippen LogP contribution is 2.26. The number of ether oxygens (including phenoxy) is 1. The van der Waals surface area contributed by atoms with Gasteiger partial charge in [0.2, 0.25) is 0 Å². The smallest absolute Gasteiger partial charge is 0.412 e. The summed E-state index contributed by atoms with van der Waals surface area (Å²) < 4.78 is 5.96. The lowest BCUT2D eigenvalue weighted by atomic mass is 10.1. The molecule has 0 unspecified atom stereocenters. The Kier molecular flexibility index (Phi) is 5.34. The number of nitrogens with one attached hydrogen (secondary N) is 1. The van der Waals surface area contributed by atoms with Crippen LogP contribution in [0.15, 0.2) is 22.7 Å². The number of aliphatic hydroxyl groups excluding tert-OH is 1. The Bertz CT molecular complexity index is 458. The molecule has 0 heterocycles. The zero-order valence-electron chi connectivity index (χ0n) is 11.2. The molecule has 0 aliphatic carbocycles. The van der Waals surface area contributed by atoms with Crippen molar-refractivity contribution in [2.75, 3.05) is 11.9 Å². The molecule has 0 saturated carbocycles. The molecule has 19 heavy (non-hydrogen) atoms. The quantitative estimate of drug-likeness (QED) is 0.795.